The standard InChI is InChI=1S/C11H6ClNO4/c12-11(14)10-8(5-6-17-10)7-3-1-2-4-9(7)13(15)16/h1-6H. The Balaban J connectivity index is 2.64. The Hall–Kier alpha value is -2.14. The second kappa shape index (κ2) is 4.39. The van der Waals surface area contributed by atoms with E-state index in [9.17, 15) is 14.9 Å². The van der Waals surface area contributed by atoms with Crippen LogP contribution in [0, 0.1) is 10.1 Å². The van der Waals surface area contributed by atoms with Crippen molar-refractivity contribution in [2.75, 3.05) is 0 Å². The predicted molar refractivity (Wildman–Crippen MR) is 61.0 cm³/mol. The van der Waals surface area contributed by atoms with Crippen molar-refractivity contribution in [2.24, 2.45) is 0 Å². The lowest BCUT2D eigenvalue weighted by Crippen LogP contribution is -1.94. The smallest absolute Gasteiger partial charge is 0.288 e. The summed E-state index contributed by atoms with van der Waals surface area (Å²) in [6.07, 6.45) is 1.27. The van der Waals surface area contributed by atoms with Gasteiger partial charge in [0.2, 0.25) is 0 Å². The van der Waals surface area contributed by atoms with Crippen molar-refractivity contribution in [2.45, 2.75) is 0 Å². The number of para-hydroxylation sites is 1. The maximum absolute atomic E-state index is 11.1. The zero-order chi connectivity index (χ0) is 12.4. The summed E-state index contributed by atoms with van der Waals surface area (Å²) in [5, 5.41) is 10.1. The van der Waals surface area contributed by atoms with Gasteiger partial charge in [0.25, 0.3) is 10.9 Å². The molecule has 2 rings (SSSR count). The number of nitrogens with zero attached hydrogens (tertiary/aromatic N) is 1. The van der Waals surface area contributed by atoms with Crippen molar-refractivity contribution in [3.05, 3.63) is 52.5 Å². The van der Waals surface area contributed by atoms with Gasteiger partial charge in [-0.15, -0.1) is 0 Å². The number of halogens is 1. The van der Waals surface area contributed by atoms with Crippen LogP contribution in [0.4, 0.5) is 5.69 Å². The number of nitro groups is 1. The molecule has 0 atom stereocenters. The van der Waals surface area contributed by atoms with Gasteiger partial charge in [-0.3, -0.25) is 14.9 Å². The largest absolute Gasteiger partial charge is 0.459 e. The summed E-state index contributed by atoms with van der Waals surface area (Å²) in [5.74, 6) is -0.0963. The lowest BCUT2D eigenvalue weighted by atomic mass is 10.0. The van der Waals surface area contributed by atoms with E-state index in [1.807, 2.05) is 0 Å². The van der Waals surface area contributed by atoms with Crippen LogP contribution in [-0.4, -0.2) is 10.2 Å². The molecule has 0 saturated carbocycles. The third-order valence-electron chi connectivity index (χ3n) is 2.23. The van der Waals surface area contributed by atoms with Crippen molar-refractivity contribution >= 4 is 22.5 Å². The monoisotopic (exact) mass is 251 g/mol. The molecule has 86 valence electrons. The van der Waals surface area contributed by atoms with E-state index in [2.05, 4.69) is 0 Å². The number of hydrogen-bond donors (Lipinski definition) is 0. The van der Waals surface area contributed by atoms with E-state index in [1.165, 1.54) is 24.5 Å². The maximum Gasteiger partial charge on any atom is 0.288 e. The van der Waals surface area contributed by atoms with Crippen LogP contribution in [0.15, 0.2) is 41.0 Å². The molecule has 0 radical (unpaired) electrons. The SMILES string of the molecule is O=C(Cl)c1occc1-c1ccccc1[N+](=O)[O-]. The van der Waals surface area contributed by atoms with Crippen molar-refractivity contribution in [3.63, 3.8) is 0 Å². The summed E-state index contributed by atoms with van der Waals surface area (Å²) in [7, 11) is 0. The highest BCUT2D eigenvalue weighted by Gasteiger charge is 2.21. The van der Waals surface area contributed by atoms with Crippen LogP contribution in [0.25, 0.3) is 11.1 Å². The molecule has 0 saturated heterocycles. The number of hydrogen-bond acceptors (Lipinski definition) is 4. The summed E-state index contributed by atoms with van der Waals surface area (Å²) in [4.78, 5) is 21.4. The first-order valence-electron chi connectivity index (χ1n) is 4.62. The van der Waals surface area contributed by atoms with Crippen LogP contribution >= 0.6 is 11.6 Å². The highest BCUT2D eigenvalue weighted by Crippen LogP contribution is 2.33. The molecule has 1 aromatic heterocycles. The fourth-order valence-corrected chi connectivity index (χ4v) is 1.68. The first kappa shape index (κ1) is 11.3. The van der Waals surface area contributed by atoms with Crippen LogP contribution in [0.5, 0.6) is 0 Å². The van der Waals surface area contributed by atoms with E-state index >= 15 is 0 Å². The van der Waals surface area contributed by atoms with Gasteiger partial charge in [0, 0.05) is 11.6 Å². The number of furan rings is 1. The molecule has 0 N–H and O–H groups in total. The van der Waals surface area contributed by atoms with E-state index < -0.39 is 10.2 Å². The molecule has 0 fully saturated rings. The van der Waals surface area contributed by atoms with Crippen LogP contribution in [-0.2, 0) is 0 Å². The molecule has 0 aliphatic carbocycles. The number of carbonyl (C=O) groups excluding carboxylic acids is 1. The average Bonchev–Trinajstić information content (AvgIpc) is 2.77. The lowest BCUT2D eigenvalue weighted by molar-refractivity contribution is -0.384. The number of benzene rings is 1. The molecule has 0 spiro atoms. The molecule has 0 unspecified atom stereocenters. The van der Waals surface area contributed by atoms with E-state index in [-0.39, 0.29) is 11.4 Å². The van der Waals surface area contributed by atoms with Crippen molar-refractivity contribution in [3.8, 4) is 11.1 Å². The number of rotatable bonds is 3. The van der Waals surface area contributed by atoms with Gasteiger partial charge in [0.1, 0.15) is 0 Å². The summed E-state index contributed by atoms with van der Waals surface area (Å²) in [6, 6.07) is 7.54. The quantitative estimate of drug-likeness (QED) is 0.477. The summed E-state index contributed by atoms with van der Waals surface area (Å²) in [5.41, 5.74) is 0.514. The molecule has 6 heteroatoms. The second-order valence-corrected chi connectivity index (χ2v) is 3.55. The first-order valence-corrected chi connectivity index (χ1v) is 5.00. The molecule has 5 nitrogen and oxygen atoms in total. The van der Waals surface area contributed by atoms with Gasteiger partial charge in [-0.25, -0.2) is 0 Å². The summed E-state index contributed by atoms with van der Waals surface area (Å²) >= 11 is 5.33. The Morgan fingerprint density at radius 1 is 1.24 bits per heavy atom. The Morgan fingerprint density at radius 3 is 2.59 bits per heavy atom. The van der Waals surface area contributed by atoms with Gasteiger partial charge in [0.15, 0.2) is 5.76 Å². The normalized spacial score (nSPS) is 10.2. The Kier molecular flexibility index (Phi) is 2.93. The predicted octanol–water partition coefficient (Wildman–Crippen LogP) is 3.23. The van der Waals surface area contributed by atoms with Crippen molar-refractivity contribution in [1.29, 1.82) is 0 Å². The van der Waals surface area contributed by atoms with E-state index in [1.54, 1.807) is 12.1 Å². The van der Waals surface area contributed by atoms with Crippen LogP contribution in [0.1, 0.15) is 10.6 Å². The van der Waals surface area contributed by atoms with Gasteiger partial charge < -0.3 is 4.42 Å². The third-order valence-corrected chi connectivity index (χ3v) is 2.41. The molecule has 1 aromatic carbocycles. The van der Waals surface area contributed by atoms with Crippen molar-refractivity contribution < 1.29 is 14.1 Å². The van der Waals surface area contributed by atoms with Crippen LogP contribution < -0.4 is 0 Å². The second-order valence-electron chi connectivity index (χ2n) is 3.21. The van der Waals surface area contributed by atoms with Gasteiger partial charge in [-0.1, -0.05) is 12.1 Å². The minimum Gasteiger partial charge on any atom is -0.459 e. The average molecular weight is 252 g/mol. The van der Waals surface area contributed by atoms with Crippen LogP contribution in [0.3, 0.4) is 0 Å². The molecule has 2 aromatic rings. The molecular formula is C11H6ClNO4. The minimum absolute atomic E-state index is 0.0963. The molecule has 0 amide bonds. The number of nitro benzene ring substituents is 1. The lowest BCUT2D eigenvalue weighted by Gasteiger charge is -2.00. The minimum atomic E-state index is -0.789. The highest BCUT2D eigenvalue weighted by atomic mass is 35.5. The van der Waals surface area contributed by atoms with E-state index in [0.717, 1.165) is 0 Å². The fourth-order valence-electron chi connectivity index (χ4n) is 1.53. The van der Waals surface area contributed by atoms with Gasteiger partial charge in [0.05, 0.1) is 16.7 Å². The third kappa shape index (κ3) is 2.05. The van der Waals surface area contributed by atoms with E-state index in [0.29, 0.717) is 11.1 Å². The topological polar surface area (TPSA) is 73.3 Å². The van der Waals surface area contributed by atoms with Gasteiger partial charge in [-0.05, 0) is 23.7 Å². The maximum atomic E-state index is 11.1. The first-order chi connectivity index (χ1) is 8.11. The van der Waals surface area contributed by atoms with E-state index in [4.69, 9.17) is 16.0 Å². The Morgan fingerprint density at radius 2 is 1.94 bits per heavy atom. The summed E-state index contributed by atoms with van der Waals surface area (Å²) in [6.45, 7) is 0. The highest BCUT2D eigenvalue weighted by molar-refractivity contribution is 6.67. The molecule has 17 heavy (non-hydrogen) atoms. The zero-order valence-electron chi connectivity index (χ0n) is 8.42. The van der Waals surface area contributed by atoms with Gasteiger partial charge in [-0.2, -0.15) is 0 Å². The molecule has 0 bridgehead atoms. The Labute approximate surface area is 101 Å². The molecule has 0 aliphatic heterocycles. The fraction of sp³-hybridized carbons (Fsp3) is 0. The van der Waals surface area contributed by atoms with Gasteiger partial charge >= 0.3 is 0 Å². The summed E-state index contributed by atoms with van der Waals surface area (Å²) < 4.78 is 4.91. The Bertz CT molecular complexity index is 591. The molecular weight excluding hydrogens is 246 g/mol. The molecule has 1 heterocycles. The van der Waals surface area contributed by atoms with Crippen LogP contribution in [0.2, 0.25) is 0 Å². The number of carbonyl (C=O) groups is 1. The van der Waals surface area contributed by atoms with Crippen molar-refractivity contribution in [1.82, 2.24) is 0 Å². The molecule has 0 aliphatic rings. The zero-order valence-corrected chi connectivity index (χ0v) is 9.18.